The highest BCUT2D eigenvalue weighted by atomic mass is 35.5. The molecule has 0 aliphatic rings. The van der Waals surface area contributed by atoms with E-state index in [4.69, 9.17) is 17.3 Å². The van der Waals surface area contributed by atoms with Crippen LogP contribution in [-0.2, 0) is 0 Å². The summed E-state index contributed by atoms with van der Waals surface area (Å²) in [5.74, 6) is 0.942. The molecule has 2 aromatic rings. The van der Waals surface area contributed by atoms with E-state index in [0.29, 0.717) is 17.4 Å². The maximum Gasteiger partial charge on any atom is 0.157 e. The van der Waals surface area contributed by atoms with Gasteiger partial charge in [-0.15, -0.1) is 0 Å². The number of anilines is 2. The Labute approximate surface area is 111 Å². The van der Waals surface area contributed by atoms with Gasteiger partial charge in [-0.25, -0.2) is 9.97 Å². The lowest BCUT2D eigenvalue weighted by atomic mass is 10.0. The fourth-order valence-corrected chi connectivity index (χ4v) is 1.80. The summed E-state index contributed by atoms with van der Waals surface area (Å²) in [5.41, 5.74) is 7.44. The average molecular weight is 263 g/mol. The molecule has 2 rings (SSSR count). The van der Waals surface area contributed by atoms with Gasteiger partial charge >= 0.3 is 0 Å². The summed E-state index contributed by atoms with van der Waals surface area (Å²) in [5, 5.41) is 3.47. The monoisotopic (exact) mass is 262 g/mol. The van der Waals surface area contributed by atoms with Gasteiger partial charge in [0, 0.05) is 6.54 Å². The fraction of sp³-hybridized carbons (Fsp3) is 0.231. The Morgan fingerprint density at radius 1 is 1.28 bits per heavy atom. The molecule has 1 heterocycles. The van der Waals surface area contributed by atoms with Crippen molar-refractivity contribution in [3.8, 4) is 0 Å². The van der Waals surface area contributed by atoms with E-state index in [-0.39, 0.29) is 5.15 Å². The second-order valence-electron chi connectivity index (χ2n) is 4.12. The molecule has 1 aromatic carbocycles. The summed E-state index contributed by atoms with van der Waals surface area (Å²) in [6.07, 6.45) is 1.40. The van der Waals surface area contributed by atoms with Gasteiger partial charge in [-0.1, -0.05) is 48.9 Å². The number of nitrogens with zero attached hydrogens (tertiary/aromatic N) is 2. The van der Waals surface area contributed by atoms with Crippen LogP contribution in [-0.4, -0.2) is 16.5 Å². The van der Waals surface area contributed by atoms with E-state index in [0.717, 1.165) is 6.54 Å². The van der Waals surface area contributed by atoms with Crippen LogP contribution in [0.4, 0.5) is 11.5 Å². The van der Waals surface area contributed by atoms with Crippen molar-refractivity contribution < 1.29 is 0 Å². The topological polar surface area (TPSA) is 63.8 Å². The number of benzene rings is 1. The van der Waals surface area contributed by atoms with E-state index in [9.17, 15) is 0 Å². The first-order valence-corrected chi connectivity index (χ1v) is 6.11. The van der Waals surface area contributed by atoms with Gasteiger partial charge in [0.25, 0.3) is 0 Å². The lowest BCUT2D eigenvalue weighted by Gasteiger charge is -2.14. The molecule has 4 nitrogen and oxygen atoms in total. The summed E-state index contributed by atoms with van der Waals surface area (Å²) < 4.78 is 0. The molecule has 0 saturated heterocycles. The number of halogens is 1. The molecule has 0 aliphatic heterocycles. The predicted octanol–water partition coefficient (Wildman–Crippen LogP) is 2.93. The third-order valence-electron chi connectivity index (χ3n) is 2.78. The molecule has 0 amide bonds. The zero-order valence-corrected chi connectivity index (χ0v) is 10.9. The minimum absolute atomic E-state index is 0.278. The van der Waals surface area contributed by atoms with Gasteiger partial charge in [-0.3, -0.25) is 0 Å². The number of nitrogens with one attached hydrogen (secondary N) is 1. The second kappa shape index (κ2) is 5.69. The SMILES string of the molecule is CC(CNc1ncnc(Cl)c1N)c1ccccc1. The molecule has 0 radical (unpaired) electrons. The molecule has 0 aliphatic carbocycles. The Morgan fingerprint density at radius 3 is 2.72 bits per heavy atom. The fourth-order valence-electron chi connectivity index (χ4n) is 1.66. The molecule has 0 spiro atoms. The molecule has 3 N–H and O–H groups in total. The average Bonchev–Trinajstić information content (AvgIpc) is 2.41. The van der Waals surface area contributed by atoms with Crippen LogP contribution in [0.3, 0.4) is 0 Å². The number of rotatable bonds is 4. The van der Waals surface area contributed by atoms with E-state index < -0.39 is 0 Å². The largest absolute Gasteiger partial charge is 0.393 e. The molecule has 5 heteroatoms. The molecule has 18 heavy (non-hydrogen) atoms. The summed E-state index contributed by atoms with van der Waals surface area (Å²) in [6, 6.07) is 10.3. The van der Waals surface area contributed by atoms with Crippen molar-refractivity contribution in [2.75, 3.05) is 17.6 Å². The Hall–Kier alpha value is -1.81. The molecule has 0 bridgehead atoms. The molecule has 1 atom stereocenters. The lowest BCUT2D eigenvalue weighted by molar-refractivity contribution is 0.801. The van der Waals surface area contributed by atoms with Crippen LogP contribution < -0.4 is 11.1 Å². The molecule has 0 saturated carbocycles. The molecule has 0 fully saturated rings. The van der Waals surface area contributed by atoms with Crippen LogP contribution in [0.25, 0.3) is 0 Å². The molecule has 94 valence electrons. The second-order valence-corrected chi connectivity index (χ2v) is 4.48. The van der Waals surface area contributed by atoms with Crippen molar-refractivity contribution in [3.63, 3.8) is 0 Å². The van der Waals surface area contributed by atoms with E-state index in [1.54, 1.807) is 0 Å². The highest BCUT2D eigenvalue weighted by Gasteiger charge is 2.08. The summed E-state index contributed by atoms with van der Waals surface area (Å²) in [7, 11) is 0. The van der Waals surface area contributed by atoms with Crippen LogP contribution in [0.5, 0.6) is 0 Å². The minimum Gasteiger partial charge on any atom is -0.393 e. The van der Waals surface area contributed by atoms with Crippen LogP contribution in [0.1, 0.15) is 18.4 Å². The summed E-state index contributed by atoms with van der Waals surface area (Å²) in [6.45, 7) is 2.88. The third-order valence-corrected chi connectivity index (χ3v) is 3.08. The number of nitrogen functional groups attached to an aromatic ring is 1. The zero-order chi connectivity index (χ0) is 13.0. The van der Waals surface area contributed by atoms with Gasteiger partial charge in [0.1, 0.15) is 12.0 Å². The van der Waals surface area contributed by atoms with Crippen LogP contribution in [0.15, 0.2) is 36.7 Å². The highest BCUT2D eigenvalue weighted by molar-refractivity contribution is 6.32. The maximum absolute atomic E-state index is 5.83. The number of nitrogens with two attached hydrogens (primary N) is 1. The van der Waals surface area contributed by atoms with E-state index in [2.05, 4.69) is 34.3 Å². The van der Waals surface area contributed by atoms with Gasteiger partial charge < -0.3 is 11.1 Å². The van der Waals surface area contributed by atoms with Gasteiger partial charge in [0.2, 0.25) is 0 Å². The Kier molecular flexibility index (Phi) is 3.99. The molecular weight excluding hydrogens is 248 g/mol. The maximum atomic E-state index is 5.83. The zero-order valence-electron chi connectivity index (χ0n) is 10.1. The molecule has 1 unspecified atom stereocenters. The van der Waals surface area contributed by atoms with Crippen molar-refractivity contribution in [2.45, 2.75) is 12.8 Å². The quantitative estimate of drug-likeness (QED) is 0.832. The number of hydrogen-bond acceptors (Lipinski definition) is 4. The Morgan fingerprint density at radius 2 is 2.00 bits per heavy atom. The minimum atomic E-state index is 0.278. The standard InChI is InChI=1S/C13H15ClN4/c1-9(10-5-3-2-4-6-10)7-16-13-11(15)12(14)17-8-18-13/h2-6,8-9H,7,15H2,1H3,(H,16,17,18). The first kappa shape index (κ1) is 12.6. The van der Waals surface area contributed by atoms with E-state index >= 15 is 0 Å². The predicted molar refractivity (Wildman–Crippen MR) is 74.8 cm³/mol. The van der Waals surface area contributed by atoms with Gasteiger partial charge in [-0.2, -0.15) is 0 Å². The number of aromatic nitrogens is 2. The highest BCUT2D eigenvalue weighted by Crippen LogP contribution is 2.23. The van der Waals surface area contributed by atoms with Gasteiger partial charge in [0.15, 0.2) is 11.0 Å². The van der Waals surface area contributed by atoms with Crippen LogP contribution >= 0.6 is 11.6 Å². The lowest BCUT2D eigenvalue weighted by Crippen LogP contribution is -2.12. The smallest absolute Gasteiger partial charge is 0.157 e. The van der Waals surface area contributed by atoms with Gasteiger partial charge in [0.05, 0.1) is 0 Å². The molecular formula is C13H15ClN4. The van der Waals surface area contributed by atoms with Crippen LogP contribution in [0.2, 0.25) is 5.15 Å². The Bertz CT molecular complexity index is 516. The van der Waals surface area contributed by atoms with E-state index in [1.807, 2.05) is 18.2 Å². The normalized spacial score (nSPS) is 12.1. The van der Waals surface area contributed by atoms with E-state index in [1.165, 1.54) is 11.9 Å². The summed E-state index contributed by atoms with van der Waals surface area (Å²) in [4.78, 5) is 7.89. The van der Waals surface area contributed by atoms with Crippen molar-refractivity contribution >= 4 is 23.1 Å². The number of hydrogen-bond donors (Lipinski definition) is 2. The third kappa shape index (κ3) is 2.90. The van der Waals surface area contributed by atoms with Gasteiger partial charge in [-0.05, 0) is 11.5 Å². The first-order chi connectivity index (χ1) is 8.68. The first-order valence-electron chi connectivity index (χ1n) is 5.73. The Balaban J connectivity index is 2.02. The molecule has 1 aromatic heterocycles. The van der Waals surface area contributed by atoms with Crippen molar-refractivity contribution in [1.29, 1.82) is 0 Å². The van der Waals surface area contributed by atoms with Crippen molar-refractivity contribution in [3.05, 3.63) is 47.4 Å². The van der Waals surface area contributed by atoms with Crippen molar-refractivity contribution in [2.24, 2.45) is 0 Å². The van der Waals surface area contributed by atoms with Crippen molar-refractivity contribution in [1.82, 2.24) is 9.97 Å². The van der Waals surface area contributed by atoms with Crippen LogP contribution in [0, 0.1) is 0 Å². The summed E-state index contributed by atoms with van der Waals surface area (Å²) >= 11 is 5.83.